The zero-order valence-corrected chi connectivity index (χ0v) is 15.8. The van der Waals surface area contributed by atoms with Crippen LogP contribution < -0.4 is 15.4 Å². The molecule has 2 N–H and O–H groups in total. The van der Waals surface area contributed by atoms with E-state index in [1.165, 1.54) is 5.56 Å². The van der Waals surface area contributed by atoms with E-state index in [4.69, 9.17) is 9.47 Å². The molecule has 0 atom stereocenters. The molecule has 0 bridgehead atoms. The third-order valence-electron chi connectivity index (χ3n) is 3.43. The lowest BCUT2D eigenvalue weighted by Crippen LogP contribution is -2.38. The fourth-order valence-corrected chi connectivity index (χ4v) is 2.25. The smallest absolute Gasteiger partial charge is 0.191 e. The predicted octanol–water partition coefficient (Wildman–Crippen LogP) is 3.12. The highest BCUT2D eigenvalue weighted by Gasteiger charge is 2.01. The molecular formula is C19H33N3O2. The molecule has 0 saturated carbocycles. The van der Waals surface area contributed by atoms with Gasteiger partial charge in [-0.2, -0.15) is 0 Å². The molecule has 136 valence electrons. The van der Waals surface area contributed by atoms with Crippen LogP contribution in [0.3, 0.4) is 0 Å². The molecule has 0 unspecified atom stereocenters. The van der Waals surface area contributed by atoms with Crippen LogP contribution in [0.25, 0.3) is 0 Å². The number of rotatable bonds is 10. The molecule has 0 saturated heterocycles. The first-order valence-corrected chi connectivity index (χ1v) is 8.80. The Morgan fingerprint density at radius 3 is 2.67 bits per heavy atom. The minimum atomic E-state index is 0.588. The first kappa shape index (κ1) is 20.3. The van der Waals surface area contributed by atoms with Gasteiger partial charge in [0.25, 0.3) is 0 Å². The first-order valence-electron chi connectivity index (χ1n) is 8.80. The van der Waals surface area contributed by atoms with E-state index in [0.29, 0.717) is 12.5 Å². The van der Waals surface area contributed by atoms with Crippen LogP contribution in [0.5, 0.6) is 5.75 Å². The summed E-state index contributed by atoms with van der Waals surface area (Å²) >= 11 is 0. The van der Waals surface area contributed by atoms with Gasteiger partial charge in [0.15, 0.2) is 5.96 Å². The summed E-state index contributed by atoms with van der Waals surface area (Å²) in [5, 5.41) is 6.62. The summed E-state index contributed by atoms with van der Waals surface area (Å²) < 4.78 is 10.9. The van der Waals surface area contributed by atoms with E-state index >= 15 is 0 Å². The molecule has 0 amide bonds. The molecule has 5 heteroatoms. The molecule has 0 spiro atoms. The van der Waals surface area contributed by atoms with Gasteiger partial charge in [0.2, 0.25) is 0 Å². The lowest BCUT2D eigenvalue weighted by molar-refractivity contribution is 0.108. The minimum absolute atomic E-state index is 0.588. The van der Waals surface area contributed by atoms with Gasteiger partial charge in [0.05, 0.1) is 13.7 Å². The lowest BCUT2D eigenvalue weighted by atomic mass is 10.1. The fourth-order valence-electron chi connectivity index (χ4n) is 2.25. The quantitative estimate of drug-likeness (QED) is 0.392. The summed E-state index contributed by atoms with van der Waals surface area (Å²) in [5.74, 6) is 2.34. The van der Waals surface area contributed by atoms with Crippen LogP contribution in [-0.2, 0) is 11.3 Å². The van der Waals surface area contributed by atoms with Gasteiger partial charge < -0.3 is 20.1 Å². The van der Waals surface area contributed by atoms with Crippen LogP contribution >= 0.6 is 0 Å². The number of benzene rings is 1. The van der Waals surface area contributed by atoms with E-state index in [1.807, 2.05) is 13.0 Å². The van der Waals surface area contributed by atoms with Crippen molar-refractivity contribution in [3.8, 4) is 5.75 Å². The monoisotopic (exact) mass is 335 g/mol. The van der Waals surface area contributed by atoms with Gasteiger partial charge in [-0.05, 0) is 43.4 Å². The number of nitrogens with zero attached hydrogens (tertiary/aromatic N) is 1. The van der Waals surface area contributed by atoms with Crippen molar-refractivity contribution in [1.82, 2.24) is 10.6 Å². The predicted molar refractivity (Wildman–Crippen MR) is 101 cm³/mol. The Balaban J connectivity index is 2.43. The van der Waals surface area contributed by atoms with Gasteiger partial charge in [-0.25, -0.2) is 4.99 Å². The first-order chi connectivity index (χ1) is 11.6. The summed E-state index contributed by atoms with van der Waals surface area (Å²) in [7, 11) is 1.69. The highest BCUT2D eigenvalue weighted by molar-refractivity contribution is 5.79. The topological polar surface area (TPSA) is 54.9 Å². The highest BCUT2D eigenvalue weighted by Crippen LogP contribution is 2.18. The summed E-state index contributed by atoms with van der Waals surface area (Å²) in [6, 6.07) is 6.16. The maximum absolute atomic E-state index is 5.59. The Bertz CT molecular complexity index is 501. The molecule has 0 aliphatic heterocycles. The van der Waals surface area contributed by atoms with Crippen LogP contribution in [0, 0.1) is 12.8 Å². The highest BCUT2D eigenvalue weighted by atomic mass is 16.5. The number of hydrogen-bond donors (Lipinski definition) is 2. The zero-order chi connectivity index (χ0) is 17.8. The Morgan fingerprint density at radius 1 is 1.25 bits per heavy atom. The van der Waals surface area contributed by atoms with E-state index in [9.17, 15) is 0 Å². The van der Waals surface area contributed by atoms with E-state index in [1.54, 1.807) is 7.11 Å². The van der Waals surface area contributed by atoms with Gasteiger partial charge in [0, 0.05) is 26.3 Å². The number of nitrogens with one attached hydrogen (secondary N) is 2. The van der Waals surface area contributed by atoms with Gasteiger partial charge in [-0.1, -0.05) is 26.0 Å². The fraction of sp³-hybridized carbons (Fsp3) is 0.632. The molecule has 5 nitrogen and oxygen atoms in total. The van der Waals surface area contributed by atoms with Gasteiger partial charge in [0.1, 0.15) is 5.75 Å². The second kappa shape index (κ2) is 11.7. The summed E-state index contributed by atoms with van der Waals surface area (Å²) in [6.07, 6.45) is 0.971. The van der Waals surface area contributed by atoms with Crippen LogP contribution in [0.1, 0.15) is 38.3 Å². The molecule has 0 heterocycles. The second-order valence-corrected chi connectivity index (χ2v) is 6.25. The zero-order valence-electron chi connectivity index (χ0n) is 15.8. The van der Waals surface area contributed by atoms with Crippen molar-refractivity contribution < 1.29 is 9.47 Å². The molecule has 0 aromatic heterocycles. The number of aryl methyl sites for hydroxylation is 1. The maximum Gasteiger partial charge on any atom is 0.191 e. The Kier molecular flexibility index (Phi) is 9.92. The van der Waals surface area contributed by atoms with Crippen molar-refractivity contribution in [2.24, 2.45) is 10.9 Å². The Morgan fingerprint density at radius 2 is 2.04 bits per heavy atom. The molecule has 0 radical (unpaired) electrons. The normalized spacial score (nSPS) is 11.7. The number of guanidine groups is 1. The van der Waals surface area contributed by atoms with E-state index in [2.05, 4.69) is 48.5 Å². The van der Waals surface area contributed by atoms with Gasteiger partial charge >= 0.3 is 0 Å². The van der Waals surface area contributed by atoms with E-state index in [-0.39, 0.29) is 0 Å². The molecular weight excluding hydrogens is 302 g/mol. The minimum Gasteiger partial charge on any atom is -0.496 e. The number of ether oxygens (including phenoxy) is 2. The average molecular weight is 335 g/mol. The molecule has 0 aliphatic carbocycles. The second-order valence-electron chi connectivity index (χ2n) is 6.25. The summed E-state index contributed by atoms with van der Waals surface area (Å²) in [6.45, 7) is 12.4. The van der Waals surface area contributed by atoms with Crippen molar-refractivity contribution in [1.29, 1.82) is 0 Å². The van der Waals surface area contributed by atoms with Crippen LogP contribution in [-0.4, -0.2) is 39.4 Å². The van der Waals surface area contributed by atoms with E-state index < -0.39 is 0 Å². The van der Waals surface area contributed by atoms with Crippen molar-refractivity contribution in [3.63, 3.8) is 0 Å². The van der Waals surface area contributed by atoms with Crippen molar-refractivity contribution >= 4 is 5.96 Å². The van der Waals surface area contributed by atoms with Gasteiger partial charge in [-0.15, -0.1) is 0 Å². The van der Waals surface area contributed by atoms with Gasteiger partial charge in [-0.3, -0.25) is 0 Å². The molecule has 24 heavy (non-hydrogen) atoms. The molecule has 1 aromatic carbocycles. The standard InChI is InChI=1S/C19H33N3O2/c1-6-20-19(21-10-7-11-24-14-15(2)3)22-13-17-8-9-18(23-5)16(4)12-17/h8-9,12,15H,6-7,10-11,13-14H2,1-5H3,(H2,20,21,22). The molecule has 0 aliphatic rings. The van der Waals surface area contributed by atoms with Crippen molar-refractivity contribution in [2.75, 3.05) is 33.4 Å². The number of aliphatic imine (C=N–C) groups is 1. The average Bonchev–Trinajstić information content (AvgIpc) is 2.55. The number of methoxy groups -OCH3 is 1. The van der Waals surface area contributed by atoms with Crippen molar-refractivity contribution in [2.45, 2.75) is 40.7 Å². The summed E-state index contributed by atoms with van der Waals surface area (Å²) in [5.41, 5.74) is 2.30. The summed E-state index contributed by atoms with van der Waals surface area (Å²) in [4.78, 5) is 4.64. The molecule has 0 fully saturated rings. The Hall–Kier alpha value is -1.75. The maximum atomic E-state index is 5.59. The Labute approximate surface area is 146 Å². The number of hydrogen-bond acceptors (Lipinski definition) is 3. The SMILES string of the molecule is CCNC(=NCc1ccc(OC)c(C)c1)NCCCOCC(C)C. The lowest BCUT2D eigenvalue weighted by Gasteiger charge is -2.12. The third-order valence-corrected chi connectivity index (χ3v) is 3.43. The largest absolute Gasteiger partial charge is 0.496 e. The van der Waals surface area contributed by atoms with Crippen molar-refractivity contribution in [3.05, 3.63) is 29.3 Å². The molecule has 1 aromatic rings. The van der Waals surface area contributed by atoms with E-state index in [0.717, 1.165) is 50.0 Å². The van der Waals surface area contributed by atoms with Crippen LogP contribution in [0.4, 0.5) is 0 Å². The molecule has 1 rings (SSSR count). The van der Waals surface area contributed by atoms with Crippen LogP contribution in [0.2, 0.25) is 0 Å². The van der Waals surface area contributed by atoms with Crippen LogP contribution in [0.15, 0.2) is 23.2 Å². The third kappa shape index (κ3) is 8.20.